The molecule has 1 saturated heterocycles. The van der Waals surface area contributed by atoms with Crippen LogP contribution in [0.1, 0.15) is 39.7 Å². The Morgan fingerprint density at radius 1 is 1.06 bits per heavy atom. The van der Waals surface area contributed by atoms with Gasteiger partial charge in [-0.05, 0) is 12.0 Å². The standard InChI is InChI=1S/C11H9NO2.2C2H6/c13-9-8-6-11(8,10(14)12-9)7-4-2-1-3-5-7;2*1-2/h1-5,8H,6H2,(H,12,13,14);2*1-2H3. The van der Waals surface area contributed by atoms with E-state index < -0.39 is 5.41 Å². The van der Waals surface area contributed by atoms with E-state index in [1.165, 1.54) is 0 Å². The summed E-state index contributed by atoms with van der Waals surface area (Å²) < 4.78 is 0. The number of rotatable bonds is 1. The minimum Gasteiger partial charge on any atom is -0.295 e. The molecule has 98 valence electrons. The van der Waals surface area contributed by atoms with Gasteiger partial charge in [0, 0.05) is 0 Å². The largest absolute Gasteiger partial charge is 0.295 e. The molecule has 2 aliphatic rings. The number of nitrogens with one attached hydrogen (secondary N) is 1. The fraction of sp³-hybridized carbons (Fsp3) is 0.467. The van der Waals surface area contributed by atoms with Gasteiger partial charge >= 0.3 is 0 Å². The Morgan fingerprint density at radius 2 is 1.61 bits per heavy atom. The number of piperidine rings is 1. The van der Waals surface area contributed by atoms with Crippen LogP contribution in [0.25, 0.3) is 0 Å². The molecule has 3 heteroatoms. The van der Waals surface area contributed by atoms with Crippen molar-refractivity contribution in [1.82, 2.24) is 5.32 Å². The predicted octanol–water partition coefficient (Wildman–Crippen LogP) is 2.65. The minimum absolute atomic E-state index is 0.112. The van der Waals surface area contributed by atoms with Crippen molar-refractivity contribution >= 4 is 11.8 Å². The molecule has 2 unspecified atom stereocenters. The molecule has 3 rings (SSSR count). The summed E-state index contributed by atoms with van der Waals surface area (Å²) in [7, 11) is 0. The lowest BCUT2D eigenvalue weighted by Gasteiger charge is -2.08. The van der Waals surface area contributed by atoms with Crippen LogP contribution in [-0.4, -0.2) is 11.8 Å². The number of carbonyl (C=O) groups is 2. The molecular weight excluding hydrogens is 226 g/mol. The molecule has 0 aromatic heterocycles. The highest BCUT2D eigenvalue weighted by atomic mass is 16.2. The fourth-order valence-electron chi connectivity index (χ4n) is 2.33. The van der Waals surface area contributed by atoms with E-state index in [4.69, 9.17) is 0 Å². The Balaban J connectivity index is 0.000000371. The van der Waals surface area contributed by atoms with E-state index in [0.717, 1.165) is 5.56 Å². The molecule has 0 radical (unpaired) electrons. The first kappa shape index (κ1) is 14.4. The van der Waals surface area contributed by atoms with Crippen LogP contribution in [0.5, 0.6) is 0 Å². The van der Waals surface area contributed by atoms with E-state index in [-0.39, 0.29) is 17.7 Å². The number of hydrogen-bond donors (Lipinski definition) is 1. The Labute approximate surface area is 109 Å². The average Bonchev–Trinajstić information content (AvgIpc) is 3.16. The van der Waals surface area contributed by atoms with Gasteiger partial charge < -0.3 is 0 Å². The monoisotopic (exact) mass is 247 g/mol. The van der Waals surface area contributed by atoms with Crippen molar-refractivity contribution in [2.75, 3.05) is 0 Å². The number of imide groups is 1. The van der Waals surface area contributed by atoms with Crippen LogP contribution in [0.4, 0.5) is 0 Å². The molecule has 18 heavy (non-hydrogen) atoms. The summed E-state index contributed by atoms with van der Waals surface area (Å²) in [6.07, 6.45) is 0.682. The van der Waals surface area contributed by atoms with E-state index in [2.05, 4.69) is 5.32 Å². The maximum atomic E-state index is 11.6. The van der Waals surface area contributed by atoms with E-state index in [0.29, 0.717) is 6.42 Å². The van der Waals surface area contributed by atoms with Crippen LogP contribution in [0.2, 0.25) is 0 Å². The SMILES string of the molecule is CC.CC.O=C1NC(=O)C2(c3ccccc3)CC12. The van der Waals surface area contributed by atoms with E-state index in [1.807, 2.05) is 58.0 Å². The van der Waals surface area contributed by atoms with E-state index in [1.54, 1.807) is 0 Å². The summed E-state index contributed by atoms with van der Waals surface area (Å²) >= 11 is 0. The van der Waals surface area contributed by atoms with Gasteiger partial charge in [0.2, 0.25) is 11.8 Å². The molecule has 1 aliphatic carbocycles. The number of amides is 2. The highest BCUT2D eigenvalue weighted by Crippen LogP contribution is 2.57. The molecule has 0 bridgehead atoms. The summed E-state index contributed by atoms with van der Waals surface area (Å²) in [6, 6.07) is 9.54. The van der Waals surface area contributed by atoms with Crippen LogP contribution in [0.15, 0.2) is 30.3 Å². The molecule has 1 heterocycles. The van der Waals surface area contributed by atoms with Gasteiger partial charge in [-0.15, -0.1) is 0 Å². The normalized spacial score (nSPS) is 27.0. The fourth-order valence-corrected chi connectivity index (χ4v) is 2.33. The lowest BCUT2D eigenvalue weighted by atomic mass is 9.94. The van der Waals surface area contributed by atoms with E-state index >= 15 is 0 Å². The number of carbonyl (C=O) groups excluding carboxylic acids is 2. The van der Waals surface area contributed by atoms with Gasteiger partial charge in [-0.1, -0.05) is 58.0 Å². The van der Waals surface area contributed by atoms with Crippen molar-refractivity contribution in [2.24, 2.45) is 5.92 Å². The predicted molar refractivity (Wildman–Crippen MR) is 72.1 cm³/mol. The Morgan fingerprint density at radius 3 is 2.00 bits per heavy atom. The van der Waals surface area contributed by atoms with Gasteiger partial charge in [-0.3, -0.25) is 14.9 Å². The van der Waals surface area contributed by atoms with Crippen molar-refractivity contribution in [3.8, 4) is 0 Å². The summed E-state index contributed by atoms with van der Waals surface area (Å²) in [5.41, 5.74) is 0.451. The molecule has 3 nitrogen and oxygen atoms in total. The topological polar surface area (TPSA) is 46.2 Å². The first-order valence-corrected chi connectivity index (χ1v) is 6.66. The second-order valence-corrected chi connectivity index (χ2v) is 3.91. The molecule has 1 saturated carbocycles. The smallest absolute Gasteiger partial charge is 0.238 e. The molecule has 2 fully saturated rings. The van der Waals surface area contributed by atoms with Crippen LogP contribution >= 0.6 is 0 Å². The number of hydrogen-bond acceptors (Lipinski definition) is 2. The second kappa shape index (κ2) is 5.80. The molecule has 2 atom stereocenters. The summed E-state index contributed by atoms with van der Waals surface area (Å²) in [5.74, 6) is -0.352. The average molecular weight is 247 g/mol. The zero-order chi connectivity index (χ0) is 13.8. The Hall–Kier alpha value is -1.64. The third-order valence-electron chi connectivity index (χ3n) is 3.21. The van der Waals surface area contributed by atoms with Gasteiger partial charge in [0.25, 0.3) is 0 Å². The van der Waals surface area contributed by atoms with Crippen molar-refractivity contribution in [3.63, 3.8) is 0 Å². The quantitative estimate of drug-likeness (QED) is 0.775. The molecule has 2 amide bonds. The lowest BCUT2D eigenvalue weighted by Crippen LogP contribution is -2.30. The first-order chi connectivity index (χ1) is 8.75. The molecule has 1 N–H and O–H groups in total. The summed E-state index contributed by atoms with van der Waals surface area (Å²) in [5, 5.41) is 2.38. The maximum Gasteiger partial charge on any atom is 0.238 e. The van der Waals surface area contributed by atoms with E-state index in [9.17, 15) is 9.59 Å². The first-order valence-electron chi connectivity index (χ1n) is 6.66. The lowest BCUT2D eigenvalue weighted by molar-refractivity contribution is -0.127. The third kappa shape index (κ3) is 2.05. The zero-order valence-electron chi connectivity index (χ0n) is 11.5. The van der Waals surface area contributed by atoms with Crippen molar-refractivity contribution in [1.29, 1.82) is 0 Å². The summed E-state index contributed by atoms with van der Waals surface area (Å²) in [6.45, 7) is 8.00. The number of benzene rings is 1. The molecule has 1 aliphatic heterocycles. The number of fused-ring (bicyclic) bond motifs is 1. The zero-order valence-corrected chi connectivity index (χ0v) is 11.5. The second-order valence-electron chi connectivity index (χ2n) is 3.91. The third-order valence-corrected chi connectivity index (χ3v) is 3.21. The van der Waals surface area contributed by atoms with Crippen molar-refractivity contribution < 1.29 is 9.59 Å². The molecule has 1 aromatic carbocycles. The molecular formula is C15H21NO2. The molecule has 0 spiro atoms. The molecule has 1 aromatic rings. The van der Waals surface area contributed by atoms with Crippen molar-refractivity contribution in [3.05, 3.63) is 35.9 Å². The summed E-state index contributed by atoms with van der Waals surface area (Å²) in [4.78, 5) is 22.9. The highest BCUT2D eigenvalue weighted by molar-refractivity contribution is 6.15. The highest BCUT2D eigenvalue weighted by Gasteiger charge is 2.69. The van der Waals surface area contributed by atoms with Crippen LogP contribution in [0, 0.1) is 5.92 Å². The Kier molecular flexibility index (Phi) is 4.65. The van der Waals surface area contributed by atoms with Gasteiger partial charge in [0.05, 0.1) is 11.3 Å². The van der Waals surface area contributed by atoms with Gasteiger partial charge in [0.15, 0.2) is 0 Å². The van der Waals surface area contributed by atoms with Crippen molar-refractivity contribution in [2.45, 2.75) is 39.5 Å². The maximum absolute atomic E-state index is 11.6. The Bertz CT molecular complexity index is 427. The van der Waals surface area contributed by atoms with Gasteiger partial charge in [-0.25, -0.2) is 0 Å². The van der Waals surface area contributed by atoms with Gasteiger partial charge in [0.1, 0.15) is 0 Å². The minimum atomic E-state index is -0.516. The van der Waals surface area contributed by atoms with Gasteiger partial charge in [-0.2, -0.15) is 0 Å². The van der Waals surface area contributed by atoms with Crippen LogP contribution in [0.3, 0.4) is 0 Å². The van der Waals surface area contributed by atoms with Crippen LogP contribution < -0.4 is 5.32 Å². The van der Waals surface area contributed by atoms with Crippen LogP contribution in [-0.2, 0) is 15.0 Å².